The third-order valence-electron chi connectivity index (χ3n) is 3.43. The first-order chi connectivity index (χ1) is 10.7. The van der Waals surface area contributed by atoms with Gasteiger partial charge in [-0.25, -0.2) is 8.78 Å². The predicted octanol–water partition coefficient (Wildman–Crippen LogP) is 5.33. The van der Waals surface area contributed by atoms with E-state index >= 15 is 0 Å². The first-order valence-corrected chi connectivity index (χ1v) is 8.58. The number of rotatable bonds is 3. The van der Waals surface area contributed by atoms with E-state index in [1.165, 1.54) is 24.3 Å². The van der Waals surface area contributed by atoms with Crippen molar-refractivity contribution in [1.29, 1.82) is 0 Å². The van der Waals surface area contributed by atoms with Crippen molar-refractivity contribution < 1.29 is 8.78 Å². The van der Waals surface area contributed by atoms with Gasteiger partial charge in [-0.1, -0.05) is 48.2 Å². The quantitative estimate of drug-likeness (QED) is 0.585. The minimum atomic E-state index is -0.277. The van der Waals surface area contributed by atoms with Crippen molar-refractivity contribution in [3.05, 3.63) is 78.4 Å². The summed E-state index contributed by atoms with van der Waals surface area (Å²) in [5.41, 5.74) is 3.72. The Kier molecular flexibility index (Phi) is 4.37. The van der Waals surface area contributed by atoms with Gasteiger partial charge in [-0.3, -0.25) is 0 Å². The Balaban J connectivity index is 2.24. The zero-order valence-corrected chi connectivity index (χ0v) is 13.2. The van der Waals surface area contributed by atoms with Crippen molar-refractivity contribution in [1.82, 2.24) is 0 Å². The van der Waals surface area contributed by atoms with Crippen molar-refractivity contribution in [2.24, 2.45) is 0 Å². The van der Waals surface area contributed by atoms with E-state index in [0.717, 1.165) is 27.6 Å². The zero-order valence-electron chi connectivity index (χ0n) is 11.5. The summed E-state index contributed by atoms with van der Waals surface area (Å²) in [7, 11) is 0.714. The van der Waals surface area contributed by atoms with Gasteiger partial charge in [-0.15, -0.1) is 0 Å². The molecule has 0 aliphatic carbocycles. The molecule has 0 amide bonds. The Morgan fingerprint density at radius 1 is 0.682 bits per heavy atom. The molecule has 0 N–H and O–H groups in total. The Morgan fingerprint density at radius 2 is 1.23 bits per heavy atom. The summed E-state index contributed by atoms with van der Waals surface area (Å²) in [6.07, 6.45) is 0. The van der Waals surface area contributed by atoms with E-state index in [0.29, 0.717) is 7.36 Å². The molecule has 3 aromatic carbocycles. The van der Waals surface area contributed by atoms with Gasteiger partial charge in [0.1, 0.15) is 11.6 Å². The lowest BCUT2D eigenvalue weighted by Gasteiger charge is -2.13. The van der Waals surface area contributed by atoms with Gasteiger partial charge in [-0.05, 0) is 47.0 Å². The van der Waals surface area contributed by atoms with E-state index in [9.17, 15) is 8.78 Å². The van der Waals surface area contributed by atoms with Gasteiger partial charge >= 0.3 is 0 Å². The summed E-state index contributed by atoms with van der Waals surface area (Å²) >= 11 is 5.20. The van der Waals surface area contributed by atoms with Crippen LogP contribution in [0.5, 0.6) is 0 Å². The Labute approximate surface area is 134 Å². The predicted molar refractivity (Wildman–Crippen MR) is 91.1 cm³/mol. The van der Waals surface area contributed by atoms with Gasteiger partial charge < -0.3 is 0 Å². The summed E-state index contributed by atoms with van der Waals surface area (Å²) in [6, 6.07) is 18.5. The molecule has 0 radical (unpaired) electrons. The number of hydrogen-bond donors (Lipinski definition) is 0. The minimum Gasteiger partial charge on any atom is -0.207 e. The Hall–Kier alpha value is -1.96. The van der Waals surface area contributed by atoms with Crippen LogP contribution < -0.4 is 5.30 Å². The molecule has 22 heavy (non-hydrogen) atoms. The molecule has 0 nitrogen and oxygen atoms in total. The summed E-state index contributed by atoms with van der Waals surface area (Å²) < 4.78 is 26.3. The second-order valence-electron chi connectivity index (χ2n) is 4.80. The average Bonchev–Trinajstić information content (AvgIpc) is 2.56. The maximum atomic E-state index is 13.2. The molecular formula is C18H11F2PS. The highest BCUT2D eigenvalue weighted by atomic mass is 32.4. The van der Waals surface area contributed by atoms with E-state index < -0.39 is 0 Å². The van der Waals surface area contributed by atoms with Crippen LogP contribution in [0.1, 0.15) is 0 Å². The number of hydrogen-bond acceptors (Lipinski definition) is 1. The van der Waals surface area contributed by atoms with Crippen molar-refractivity contribution >= 4 is 24.5 Å². The van der Waals surface area contributed by atoms with Gasteiger partial charge in [0.05, 0.1) is 0 Å². The van der Waals surface area contributed by atoms with Crippen LogP contribution in [0.2, 0.25) is 0 Å². The summed E-state index contributed by atoms with van der Waals surface area (Å²) in [5, 5.41) is 0.975. The fourth-order valence-electron chi connectivity index (χ4n) is 2.41. The molecule has 0 atom stereocenters. The summed E-state index contributed by atoms with van der Waals surface area (Å²) in [4.78, 5) is 0. The second-order valence-corrected chi connectivity index (χ2v) is 6.02. The van der Waals surface area contributed by atoms with Gasteiger partial charge in [0.15, 0.2) is 0 Å². The van der Waals surface area contributed by atoms with Crippen LogP contribution in [-0.4, -0.2) is 0 Å². The fraction of sp³-hybridized carbons (Fsp3) is 0. The molecule has 4 heteroatoms. The molecule has 0 spiro atoms. The monoisotopic (exact) mass is 328 g/mol. The van der Waals surface area contributed by atoms with Crippen molar-refractivity contribution in [2.45, 2.75) is 0 Å². The van der Waals surface area contributed by atoms with Crippen LogP contribution >= 0.6 is 7.36 Å². The third-order valence-corrected chi connectivity index (χ3v) is 4.59. The molecule has 0 fully saturated rings. The SMILES string of the molecule is Fc1ccc(-c2cccc(P=S)c2-c2ccc(F)cc2)cc1. The highest BCUT2D eigenvalue weighted by Crippen LogP contribution is 2.32. The lowest BCUT2D eigenvalue weighted by Crippen LogP contribution is -2.00. The Morgan fingerprint density at radius 3 is 1.77 bits per heavy atom. The largest absolute Gasteiger partial charge is 0.207 e. The van der Waals surface area contributed by atoms with Crippen molar-refractivity contribution in [2.75, 3.05) is 0 Å². The molecule has 0 saturated carbocycles. The van der Waals surface area contributed by atoms with Crippen molar-refractivity contribution in [3.63, 3.8) is 0 Å². The molecule has 0 saturated heterocycles. The highest BCUT2D eigenvalue weighted by molar-refractivity contribution is 7.99. The highest BCUT2D eigenvalue weighted by Gasteiger charge is 2.12. The smallest absolute Gasteiger partial charge is 0.123 e. The lowest BCUT2D eigenvalue weighted by atomic mass is 9.94. The first-order valence-electron chi connectivity index (χ1n) is 6.67. The molecule has 0 heterocycles. The van der Waals surface area contributed by atoms with E-state index in [2.05, 4.69) is 0 Å². The molecule has 3 aromatic rings. The van der Waals surface area contributed by atoms with Crippen LogP contribution in [0.3, 0.4) is 0 Å². The van der Waals surface area contributed by atoms with Crippen LogP contribution in [0.15, 0.2) is 66.7 Å². The summed E-state index contributed by atoms with van der Waals surface area (Å²) in [5.74, 6) is -0.551. The minimum absolute atomic E-state index is 0.273. The summed E-state index contributed by atoms with van der Waals surface area (Å²) in [6.45, 7) is 0. The first kappa shape index (κ1) is 15.0. The fourth-order valence-corrected chi connectivity index (χ4v) is 3.35. The maximum Gasteiger partial charge on any atom is 0.123 e. The van der Waals surface area contributed by atoms with Crippen LogP contribution in [0.4, 0.5) is 8.78 Å². The van der Waals surface area contributed by atoms with Crippen LogP contribution in [-0.2, 0) is 11.8 Å². The van der Waals surface area contributed by atoms with E-state index in [4.69, 9.17) is 11.8 Å². The normalized spacial score (nSPS) is 10.8. The number of benzene rings is 3. The molecule has 0 aromatic heterocycles. The van der Waals surface area contributed by atoms with E-state index in [1.807, 2.05) is 18.2 Å². The van der Waals surface area contributed by atoms with E-state index in [-0.39, 0.29) is 11.6 Å². The topological polar surface area (TPSA) is 0 Å². The van der Waals surface area contributed by atoms with Crippen LogP contribution in [0.25, 0.3) is 22.3 Å². The van der Waals surface area contributed by atoms with Crippen molar-refractivity contribution in [3.8, 4) is 22.3 Å². The molecule has 108 valence electrons. The zero-order chi connectivity index (χ0) is 15.5. The van der Waals surface area contributed by atoms with Gasteiger partial charge in [0.2, 0.25) is 0 Å². The lowest BCUT2D eigenvalue weighted by molar-refractivity contribution is 0.627. The molecule has 3 rings (SSSR count). The molecule has 0 aliphatic rings. The van der Waals surface area contributed by atoms with E-state index in [1.54, 1.807) is 24.3 Å². The van der Waals surface area contributed by atoms with Gasteiger partial charge in [-0.2, -0.15) is 0 Å². The average molecular weight is 328 g/mol. The number of halogens is 2. The standard InChI is InChI=1S/C18H11F2PS/c19-14-8-4-12(5-9-14)16-2-1-3-17(21-22)18(16)13-6-10-15(20)11-7-13/h1-11H. The molecule has 0 unspecified atom stereocenters. The Bertz CT molecular complexity index is 811. The maximum absolute atomic E-state index is 13.2. The van der Waals surface area contributed by atoms with Crippen LogP contribution in [0, 0.1) is 11.6 Å². The molecular weight excluding hydrogens is 317 g/mol. The molecule has 0 bridgehead atoms. The molecule has 0 aliphatic heterocycles. The third kappa shape index (κ3) is 2.96. The van der Waals surface area contributed by atoms with Gasteiger partial charge in [0.25, 0.3) is 0 Å². The second kappa shape index (κ2) is 6.43. The van der Waals surface area contributed by atoms with Gasteiger partial charge in [0, 0.05) is 18.2 Å².